The quantitative estimate of drug-likeness (QED) is 0.606. The lowest BCUT2D eigenvalue weighted by atomic mass is 10.1. The van der Waals surface area contributed by atoms with Crippen LogP contribution in [0.25, 0.3) is 6.08 Å². The van der Waals surface area contributed by atoms with E-state index in [2.05, 4.69) is 5.32 Å². The molecule has 3 rings (SSSR count). The van der Waals surface area contributed by atoms with Crippen LogP contribution in [0.2, 0.25) is 0 Å². The average Bonchev–Trinajstić information content (AvgIpc) is 3.02. The van der Waals surface area contributed by atoms with Crippen molar-refractivity contribution in [2.24, 2.45) is 0 Å². The van der Waals surface area contributed by atoms with Crippen LogP contribution < -0.4 is 14.8 Å². The van der Waals surface area contributed by atoms with Crippen LogP contribution in [0.15, 0.2) is 47.4 Å². The van der Waals surface area contributed by atoms with Crippen molar-refractivity contribution in [2.45, 2.75) is 6.42 Å². The first-order valence-electron chi connectivity index (χ1n) is 9.43. The molecule has 0 saturated carbocycles. The van der Waals surface area contributed by atoms with Gasteiger partial charge in [-0.15, -0.1) is 0 Å². The topological polar surface area (TPSA) is 105 Å². The first-order chi connectivity index (χ1) is 14.9. The van der Waals surface area contributed by atoms with Gasteiger partial charge in [0.1, 0.15) is 23.8 Å². The van der Waals surface area contributed by atoms with Crippen molar-refractivity contribution in [2.75, 3.05) is 27.3 Å². The number of carbonyl (C=O) groups excluding carboxylic acids is 3. The van der Waals surface area contributed by atoms with E-state index in [1.807, 2.05) is 0 Å². The van der Waals surface area contributed by atoms with Crippen molar-refractivity contribution in [3.8, 4) is 17.2 Å². The molecule has 162 valence electrons. The highest BCUT2D eigenvalue weighted by Gasteiger charge is 2.36. The Morgan fingerprint density at radius 1 is 1.13 bits per heavy atom. The van der Waals surface area contributed by atoms with E-state index in [1.165, 1.54) is 14.2 Å². The number of thioether (sulfide) groups is 1. The van der Waals surface area contributed by atoms with E-state index >= 15 is 0 Å². The van der Waals surface area contributed by atoms with Gasteiger partial charge < -0.3 is 19.9 Å². The minimum absolute atomic E-state index is 0.173. The number of benzene rings is 2. The standard InChI is InChI=1S/C22H22N2O6S/c1-29-17-7-8-18(30-2)15(11-17)12-19-21(27)24(22(28)31-19)13-20(26)23-10-9-14-3-5-16(25)6-4-14/h3-8,11-12,25H,9-10,13H2,1-2H3,(H,23,26). The fourth-order valence-electron chi connectivity index (χ4n) is 2.94. The third kappa shape index (κ3) is 5.58. The van der Waals surface area contributed by atoms with Gasteiger partial charge in [-0.25, -0.2) is 0 Å². The van der Waals surface area contributed by atoms with Crippen LogP contribution in [0.3, 0.4) is 0 Å². The SMILES string of the molecule is COc1ccc(OC)c(C=C2SC(=O)N(CC(=O)NCCc3ccc(O)cc3)C2=O)c1. The third-order valence-electron chi connectivity index (χ3n) is 4.57. The molecule has 0 aliphatic carbocycles. The van der Waals surface area contributed by atoms with Crippen LogP contribution in [0.4, 0.5) is 4.79 Å². The lowest BCUT2D eigenvalue weighted by Gasteiger charge is -2.12. The largest absolute Gasteiger partial charge is 0.508 e. The highest BCUT2D eigenvalue weighted by Crippen LogP contribution is 2.34. The maximum atomic E-state index is 12.7. The van der Waals surface area contributed by atoms with Crippen LogP contribution in [-0.4, -0.2) is 54.4 Å². The summed E-state index contributed by atoms with van der Waals surface area (Å²) < 4.78 is 10.5. The second kappa shape index (κ2) is 10.0. The predicted octanol–water partition coefficient (Wildman–Crippen LogP) is 2.80. The summed E-state index contributed by atoms with van der Waals surface area (Å²) in [6.45, 7) is -0.0104. The molecule has 8 nitrogen and oxygen atoms in total. The second-order valence-corrected chi connectivity index (χ2v) is 7.64. The summed E-state index contributed by atoms with van der Waals surface area (Å²) in [4.78, 5) is 38.3. The number of rotatable bonds is 8. The van der Waals surface area contributed by atoms with Crippen molar-refractivity contribution >= 4 is 34.9 Å². The fraction of sp³-hybridized carbons (Fsp3) is 0.227. The van der Waals surface area contributed by atoms with Crippen LogP contribution in [-0.2, 0) is 16.0 Å². The zero-order valence-corrected chi connectivity index (χ0v) is 17.9. The minimum atomic E-state index is -0.534. The summed E-state index contributed by atoms with van der Waals surface area (Å²) in [5.41, 5.74) is 1.53. The van der Waals surface area contributed by atoms with E-state index in [4.69, 9.17) is 9.47 Å². The maximum Gasteiger partial charge on any atom is 0.294 e. The van der Waals surface area contributed by atoms with Crippen LogP contribution in [0.5, 0.6) is 17.2 Å². The minimum Gasteiger partial charge on any atom is -0.508 e. The monoisotopic (exact) mass is 442 g/mol. The van der Waals surface area contributed by atoms with E-state index in [0.29, 0.717) is 30.0 Å². The number of methoxy groups -OCH3 is 2. The Bertz CT molecular complexity index is 1020. The van der Waals surface area contributed by atoms with Gasteiger partial charge in [0.15, 0.2) is 0 Å². The van der Waals surface area contributed by atoms with Crippen LogP contribution >= 0.6 is 11.8 Å². The zero-order valence-electron chi connectivity index (χ0n) is 17.1. The van der Waals surface area contributed by atoms with Gasteiger partial charge in [0.05, 0.1) is 19.1 Å². The molecule has 1 heterocycles. The summed E-state index contributed by atoms with van der Waals surface area (Å²) in [6.07, 6.45) is 2.11. The number of imide groups is 1. The summed E-state index contributed by atoms with van der Waals surface area (Å²) in [5.74, 6) is 0.320. The van der Waals surface area contributed by atoms with Gasteiger partial charge in [-0.05, 0) is 60.2 Å². The molecule has 2 aromatic rings. The molecule has 1 aliphatic rings. The van der Waals surface area contributed by atoms with Crippen molar-refractivity contribution in [1.29, 1.82) is 0 Å². The Labute approximate surface area is 183 Å². The molecule has 2 aromatic carbocycles. The molecular formula is C22H22N2O6S. The molecule has 1 aliphatic heterocycles. The smallest absolute Gasteiger partial charge is 0.294 e. The Morgan fingerprint density at radius 3 is 2.55 bits per heavy atom. The maximum absolute atomic E-state index is 12.7. The van der Waals surface area contributed by atoms with Crippen molar-refractivity contribution in [3.05, 3.63) is 58.5 Å². The lowest BCUT2D eigenvalue weighted by Crippen LogP contribution is -2.40. The Balaban J connectivity index is 1.61. The fourth-order valence-corrected chi connectivity index (χ4v) is 3.77. The number of carbonyl (C=O) groups is 3. The van der Waals surface area contributed by atoms with Gasteiger partial charge in [0.25, 0.3) is 11.1 Å². The molecule has 0 radical (unpaired) electrons. The summed E-state index contributed by atoms with van der Waals surface area (Å²) in [7, 11) is 3.03. The zero-order chi connectivity index (χ0) is 22.4. The Kier molecular flexibility index (Phi) is 7.19. The van der Waals surface area contributed by atoms with Crippen LogP contribution in [0, 0.1) is 0 Å². The van der Waals surface area contributed by atoms with E-state index in [1.54, 1.807) is 48.5 Å². The molecule has 1 fully saturated rings. The summed E-state index contributed by atoms with van der Waals surface area (Å²) in [5, 5.41) is 11.5. The number of aromatic hydroxyl groups is 1. The predicted molar refractivity (Wildman–Crippen MR) is 117 cm³/mol. The second-order valence-electron chi connectivity index (χ2n) is 6.64. The van der Waals surface area contributed by atoms with Crippen molar-refractivity contribution < 1.29 is 29.0 Å². The molecule has 0 spiro atoms. The van der Waals surface area contributed by atoms with Crippen molar-refractivity contribution in [3.63, 3.8) is 0 Å². The third-order valence-corrected chi connectivity index (χ3v) is 5.48. The summed E-state index contributed by atoms with van der Waals surface area (Å²) in [6, 6.07) is 11.8. The number of nitrogens with one attached hydrogen (secondary N) is 1. The number of ether oxygens (including phenoxy) is 2. The highest BCUT2D eigenvalue weighted by molar-refractivity contribution is 8.18. The molecule has 1 saturated heterocycles. The molecule has 31 heavy (non-hydrogen) atoms. The molecule has 0 bridgehead atoms. The number of hydrogen-bond donors (Lipinski definition) is 2. The van der Waals surface area contributed by atoms with Gasteiger partial charge >= 0.3 is 0 Å². The average molecular weight is 442 g/mol. The number of phenols is 1. The molecule has 0 atom stereocenters. The number of amides is 3. The highest BCUT2D eigenvalue weighted by atomic mass is 32.2. The van der Waals surface area contributed by atoms with E-state index < -0.39 is 17.1 Å². The van der Waals surface area contributed by atoms with E-state index in [9.17, 15) is 19.5 Å². The molecule has 9 heteroatoms. The van der Waals surface area contributed by atoms with E-state index in [-0.39, 0.29) is 17.2 Å². The van der Waals surface area contributed by atoms with Gasteiger partial charge in [0, 0.05) is 12.1 Å². The lowest BCUT2D eigenvalue weighted by molar-refractivity contribution is -0.129. The molecule has 3 amide bonds. The number of nitrogens with zero attached hydrogens (tertiary/aromatic N) is 1. The Hall–Kier alpha value is -3.46. The molecule has 0 unspecified atom stereocenters. The van der Waals surface area contributed by atoms with Gasteiger partial charge in [-0.2, -0.15) is 0 Å². The normalized spacial score (nSPS) is 14.8. The van der Waals surface area contributed by atoms with Gasteiger partial charge in [0.2, 0.25) is 5.91 Å². The summed E-state index contributed by atoms with van der Waals surface area (Å²) >= 11 is 0.772. The van der Waals surface area contributed by atoms with Crippen LogP contribution in [0.1, 0.15) is 11.1 Å². The first kappa shape index (κ1) is 22.2. The Morgan fingerprint density at radius 2 is 1.87 bits per heavy atom. The molecule has 0 aromatic heterocycles. The molecule has 2 N–H and O–H groups in total. The van der Waals surface area contributed by atoms with E-state index in [0.717, 1.165) is 22.2 Å². The number of hydrogen-bond acceptors (Lipinski definition) is 7. The van der Waals surface area contributed by atoms with Crippen molar-refractivity contribution in [1.82, 2.24) is 10.2 Å². The number of phenolic OH excluding ortho intramolecular Hbond substituents is 1. The van der Waals surface area contributed by atoms with Gasteiger partial charge in [-0.1, -0.05) is 12.1 Å². The van der Waals surface area contributed by atoms with Gasteiger partial charge in [-0.3, -0.25) is 19.3 Å². The first-order valence-corrected chi connectivity index (χ1v) is 10.2. The molecular weight excluding hydrogens is 420 g/mol.